The first kappa shape index (κ1) is 7.70. The maximum Gasteiger partial charge on any atom is 0.0444 e. The number of hydrogen-bond acceptors (Lipinski definition) is 2. The average Bonchev–Trinajstić information content (AvgIpc) is 1.91. The topological polar surface area (TPSA) is 3.24 Å². The van der Waals surface area contributed by atoms with Gasteiger partial charge in [-0.2, -0.15) is 0 Å². The fourth-order valence-electron chi connectivity index (χ4n) is 0.944. The third kappa shape index (κ3) is 2.78. The molecule has 1 heterocycles. The zero-order valence-corrected chi connectivity index (χ0v) is 7.05. The zero-order chi connectivity index (χ0) is 6.53. The van der Waals surface area contributed by atoms with E-state index in [9.17, 15) is 0 Å². The molecule has 0 spiro atoms. The van der Waals surface area contributed by atoms with Crippen molar-refractivity contribution in [3.8, 4) is 0 Å². The van der Waals surface area contributed by atoms with E-state index in [-0.39, 0.29) is 0 Å². The number of nitrogens with zero attached hydrogens (tertiary/aromatic N) is 1. The zero-order valence-electron chi connectivity index (χ0n) is 5.48. The lowest BCUT2D eigenvalue weighted by atomic mass is 10.4. The lowest BCUT2D eigenvalue weighted by molar-refractivity contribution is 0.334. The fraction of sp³-hybridized carbons (Fsp3) is 1.00. The van der Waals surface area contributed by atoms with Gasteiger partial charge in [-0.15, -0.1) is 23.4 Å². The molecule has 3 heteroatoms. The van der Waals surface area contributed by atoms with E-state index in [0.717, 1.165) is 12.4 Å². The summed E-state index contributed by atoms with van der Waals surface area (Å²) in [5.74, 6) is 3.30. The minimum Gasteiger partial charge on any atom is -0.293 e. The Bertz CT molecular complexity index is 70.7. The van der Waals surface area contributed by atoms with Gasteiger partial charge >= 0.3 is 0 Å². The highest BCUT2D eigenvalue weighted by Gasteiger charge is 2.07. The molecule has 1 rings (SSSR count). The van der Waals surface area contributed by atoms with Crippen LogP contribution in [-0.2, 0) is 0 Å². The van der Waals surface area contributed by atoms with Crippen molar-refractivity contribution in [2.75, 3.05) is 30.6 Å². The monoisotopic (exact) mass is 165 g/mol. The standard InChI is InChI=1S/C6H12ClNS/c7-2-4-8-3-1-5-9-6-8/h1-6H2. The summed E-state index contributed by atoms with van der Waals surface area (Å²) in [4.78, 5) is 2.40. The van der Waals surface area contributed by atoms with E-state index < -0.39 is 0 Å². The molecule has 0 aromatic rings. The summed E-state index contributed by atoms with van der Waals surface area (Å²) in [6.45, 7) is 2.31. The molecule has 1 nitrogen and oxygen atoms in total. The third-order valence-electron chi connectivity index (χ3n) is 1.44. The van der Waals surface area contributed by atoms with E-state index in [1.807, 2.05) is 11.8 Å². The van der Waals surface area contributed by atoms with Crippen molar-refractivity contribution in [3.63, 3.8) is 0 Å². The predicted octanol–water partition coefficient (Wildman–Crippen LogP) is 1.62. The van der Waals surface area contributed by atoms with E-state index in [2.05, 4.69) is 4.90 Å². The van der Waals surface area contributed by atoms with Gasteiger partial charge in [0.25, 0.3) is 0 Å². The Labute approximate surface area is 65.7 Å². The van der Waals surface area contributed by atoms with Gasteiger partial charge in [0, 0.05) is 18.3 Å². The van der Waals surface area contributed by atoms with Gasteiger partial charge in [-0.3, -0.25) is 4.90 Å². The molecular weight excluding hydrogens is 154 g/mol. The summed E-state index contributed by atoms with van der Waals surface area (Å²) >= 11 is 7.59. The van der Waals surface area contributed by atoms with Gasteiger partial charge in [-0.1, -0.05) is 0 Å². The van der Waals surface area contributed by atoms with Crippen LogP contribution in [0.2, 0.25) is 0 Å². The van der Waals surface area contributed by atoms with Gasteiger partial charge in [-0.25, -0.2) is 0 Å². The molecule has 54 valence electrons. The molecule has 0 aliphatic carbocycles. The second kappa shape index (κ2) is 4.42. The number of rotatable bonds is 2. The van der Waals surface area contributed by atoms with Crippen molar-refractivity contribution in [2.24, 2.45) is 0 Å². The quantitative estimate of drug-likeness (QED) is 0.573. The van der Waals surface area contributed by atoms with Crippen LogP contribution in [0.1, 0.15) is 6.42 Å². The first-order chi connectivity index (χ1) is 4.43. The van der Waals surface area contributed by atoms with Crippen LogP contribution in [-0.4, -0.2) is 35.5 Å². The van der Waals surface area contributed by atoms with E-state index in [4.69, 9.17) is 11.6 Å². The van der Waals surface area contributed by atoms with Gasteiger partial charge in [0.2, 0.25) is 0 Å². The molecule has 0 aromatic carbocycles. The van der Waals surface area contributed by atoms with Crippen molar-refractivity contribution in [1.82, 2.24) is 4.90 Å². The SMILES string of the molecule is ClCCN1CCCSC1. The summed E-state index contributed by atoms with van der Waals surface area (Å²) in [6.07, 6.45) is 1.33. The Balaban J connectivity index is 2.08. The van der Waals surface area contributed by atoms with Crippen molar-refractivity contribution in [1.29, 1.82) is 0 Å². The Kier molecular flexibility index (Phi) is 3.78. The Morgan fingerprint density at radius 1 is 1.56 bits per heavy atom. The number of thioether (sulfide) groups is 1. The molecule has 1 saturated heterocycles. The van der Waals surface area contributed by atoms with Crippen LogP contribution in [0.4, 0.5) is 0 Å². The molecular formula is C6H12ClNS. The van der Waals surface area contributed by atoms with Gasteiger partial charge in [-0.05, 0) is 18.7 Å². The van der Waals surface area contributed by atoms with Crippen LogP contribution in [0, 0.1) is 0 Å². The Morgan fingerprint density at radius 2 is 2.44 bits per heavy atom. The van der Waals surface area contributed by atoms with Gasteiger partial charge in [0.05, 0.1) is 0 Å². The van der Waals surface area contributed by atoms with Crippen molar-refractivity contribution in [3.05, 3.63) is 0 Å². The van der Waals surface area contributed by atoms with Gasteiger partial charge < -0.3 is 0 Å². The highest BCUT2D eigenvalue weighted by Crippen LogP contribution is 2.12. The van der Waals surface area contributed by atoms with E-state index in [1.54, 1.807) is 0 Å². The maximum absolute atomic E-state index is 5.58. The molecule has 1 aliphatic heterocycles. The van der Waals surface area contributed by atoms with Crippen LogP contribution in [0.15, 0.2) is 0 Å². The first-order valence-electron chi connectivity index (χ1n) is 3.29. The molecule has 0 unspecified atom stereocenters. The van der Waals surface area contributed by atoms with E-state index in [1.165, 1.54) is 24.6 Å². The molecule has 0 aromatic heterocycles. The largest absolute Gasteiger partial charge is 0.293 e. The molecule has 0 atom stereocenters. The van der Waals surface area contributed by atoms with E-state index >= 15 is 0 Å². The summed E-state index contributed by atoms with van der Waals surface area (Å²) in [5, 5.41) is 0. The smallest absolute Gasteiger partial charge is 0.0444 e. The molecule has 1 aliphatic rings. The maximum atomic E-state index is 5.58. The second-order valence-electron chi connectivity index (χ2n) is 2.20. The fourth-order valence-corrected chi connectivity index (χ4v) is 2.16. The molecule has 1 fully saturated rings. The average molecular weight is 166 g/mol. The third-order valence-corrected chi connectivity index (χ3v) is 2.73. The van der Waals surface area contributed by atoms with Gasteiger partial charge in [0.15, 0.2) is 0 Å². The summed E-state index contributed by atoms with van der Waals surface area (Å²) in [7, 11) is 0. The van der Waals surface area contributed by atoms with Crippen molar-refractivity contribution < 1.29 is 0 Å². The second-order valence-corrected chi connectivity index (χ2v) is 3.65. The summed E-state index contributed by atoms with van der Waals surface area (Å²) in [5.41, 5.74) is 0. The summed E-state index contributed by atoms with van der Waals surface area (Å²) < 4.78 is 0. The Morgan fingerprint density at radius 3 is 3.00 bits per heavy atom. The van der Waals surface area contributed by atoms with Gasteiger partial charge in [0.1, 0.15) is 0 Å². The normalized spacial score (nSPS) is 22.3. The van der Waals surface area contributed by atoms with Crippen LogP contribution in [0.25, 0.3) is 0 Å². The number of alkyl halides is 1. The van der Waals surface area contributed by atoms with Crippen molar-refractivity contribution >= 4 is 23.4 Å². The molecule has 9 heavy (non-hydrogen) atoms. The van der Waals surface area contributed by atoms with Crippen LogP contribution < -0.4 is 0 Å². The Hall–Kier alpha value is 0.600. The predicted molar refractivity (Wildman–Crippen MR) is 44.2 cm³/mol. The lowest BCUT2D eigenvalue weighted by Crippen LogP contribution is -2.30. The first-order valence-corrected chi connectivity index (χ1v) is 4.98. The van der Waals surface area contributed by atoms with Crippen LogP contribution >= 0.6 is 23.4 Å². The molecule has 0 N–H and O–H groups in total. The number of halogens is 1. The minimum absolute atomic E-state index is 0.778. The summed E-state index contributed by atoms with van der Waals surface area (Å²) in [6, 6.07) is 0. The van der Waals surface area contributed by atoms with Crippen LogP contribution in [0.5, 0.6) is 0 Å². The molecule has 0 amide bonds. The minimum atomic E-state index is 0.778. The van der Waals surface area contributed by atoms with E-state index in [0.29, 0.717) is 0 Å². The molecule has 0 radical (unpaired) electrons. The lowest BCUT2D eigenvalue weighted by Gasteiger charge is -2.24. The molecule has 0 saturated carbocycles. The van der Waals surface area contributed by atoms with Crippen LogP contribution in [0.3, 0.4) is 0 Å². The number of hydrogen-bond donors (Lipinski definition) is 0. The highest BCUT2D eigenvalue weighted by atomic mass is 35.5. The molecule has 0 bridgehead atoms. The highest BCUT2D eigenvalue weighted by molar-refractivity contribution is 7.99. The van der Waals surface area contributed by atoms with Crippen molar-refractivity contribution in [2.45, 2.75) is 6.42 Å².